The highest BCUT2D eigenvalue weighted by molar-refractivity contribution is 7.90. The number of carbonyl (C=O) groups is 1. The van der Waals surface area contributed by atoms with Crippen LogP contribution in [-0.4, -0.2) is 25.4 Å². The van der Waals surface area contributed by atoms with Crippen molar-refractivity contribution in [2.75, 3.05) is 0 Å². The lowest BCUT2D eigenvalue weighted by Gasteiger charge is -2.27. The molecule has 1 heterocycles. The molecule has 2 rings (SSSR count). The molecule has 2 N–H and O–H groups in total. The molecule has 0 radical (unpaired) electrons. The van der Waals surface area contributed by atoms with Crippen molar-refractivity contribution in [1.29, 1.82) is 0 Å². The van der Waals surface area contributed by atoms with E-state index in [1.165, 1.54) is 0 Å². The lowest BCUT2D eigenvalue weighted by molar-refractivity contribution is -0.137. The summed E-state index contributed by atoms with van der Waals surface area (Å²) >= 11 is -1.38. The molecule has 0 amide bonds. The van der Waals surface area contributed by atoms with Gasteiger partial charge < -0.3 is 9.66 Å². The van der Waals surface area contributed by atoms with Gasteiger partial charge in [0.2, 0.25) is 0 Å². The molecule has 0 spiro atoms. The topological polar surface area (TPSA) is 85.3 Å². The number of hydrogen-bond donors (Lipinski definition) is 2. The summed E-state index contributed by atoms with van der Waals surface area (Å²) in [6.45, 7) is 5.52. The van der Waals surface area contributed by atoms with Gasteiger partial charge >= 0.3 is 5.97 Å². The highest BCUT2D eigenvalue weighted by atomic mass is 32.2. The van der Waals surface area contributed by atoms with E-state index in [0.29, 0.717) is 5.56 Å². The van der Waals surface area contributed by atoms with Crippen LogP contribution in [-0.2, 0) is 16.2 Å². The van der Waals surface area contributed by atoms with Crippen LogP contribution in [0.15, 0.2) is 48.8 Å². The maximum atomic E-state index is 12.4. The van der Waals surface area contributed by atoms with Gasteiger partial charge in [-0.3, -0.25) is 9.78 Å². The second-order valence-corrected chi connectivity index (χ2v) is 8.52. The summed E-state index contributed by atoms with van der Waals surface area (Å²) < 4.78 is 14.8. The van der Waals surface area contributed by atoms with Crippen molar-refractivity contribution in [2.24, 2.45) is 0 Å². The number of pyridine rings is 1. The monoisotopic (exact) mass is 346 g/mol. The van der Waals surface area contributed by atoms with Crippen LogP contribution in [0, 0.1) is 0 Å². The molecule has 1 aromatic heterocycles. The van der Waals surface area contributed by atoms with Gasteiger partial charge in [-0.15, -0.1) is 4.72 Å². The van der Waals surface area contributed by atoms with E-state index in [9.17, 15) is 14.5 Å². The lowest BCUT2D eigenvalue weighted by Crippen LogP contribution is -2.41. The zero-order valence-electron chi connectivity index (χ0n) is 14.0. The van der Waals surface area contributed by atoms with Crippen LogP contribution in [0.2, 0.25) is 0 Å². The van der Waals surface area contributed by atoms with Gasteiger partial charge in [0, 0.05) is 29.3 Å². The first-order valence-electron chi connectivity index (χ1n) is 7.67. The van der Waals surface area contributed by atoms with E-state index >= 15 is 0 Å². The molecule has 2 atom stereocenters. The molecule has 0 saturated heterocycles. The van der Waals surface area contributed by atoms with Crippen LogP contribution in [0.25, 0.3) is 11.1 Å². The van der Waals surface area contributed by atoms with E-state index in [1.807, 2.05) is 57.2 Å². The highest BCUT2D eigenvalue weighted by Gasteiger charge is 2.31. The van der Waals surface area contributed by atoms with Gasteiger partial charge in [0.1, 0.15) is 4.75 Å². The van der Waals surface area contributed by atoms with Gasteiger partial charge in [-0.2, -0.15) is 0 Å². The van der Waals surface area contributed by atoms with E-state index in [4.69, 9.17) is 0 Å². The number of nitrogens with one attached hydrogen (secondary N) is 1. The van der Waals surface area contributed by atoms with Crippen molar-refractivity contribution >= 4 is 17.3 Å². The average molecular weight is 346 g/mol. The summed E-state index contributed by atoms with van der Waals surface area (Å²) in [7, 11) is 0. The second kappa shape index (κ2) is 7.79. The van der Waals surface area contributed by atoms with Crippen LogP contribution >= 0.6 is 0 Å². The van der Waals surface area contributed by atoms with Crippen LogP contribution in [0.4, 0.5) is 0 Å². The Morgan fingerprint density at radius 2 is 1.92 bits per heavy atom. The van der Waals surface area contributed by atoms with Gasteiger partial charge in [-0.1, -0.05) is 30.3 Å². The largest absolute Gasteiger partial charge is 0.598 e. The molecule has 128 valence electrons. The molecule has 0 saturated carbocycles. The van der Waals surface area contributed by atoms with E-state index in [-0.39, 0.29) is 6.42 Å². The molecule has 1 aromatic carbocycles. The summed E-state index contributed by atoms with van der Waals surface area (Å²) in [5.74, 6) is -0.955. The van der Waals surface area contributed by atoms with E-state index < -0.39 is 28.1 Å². The minimum Gasteiger partial charge on any atom is -0.598 e. The number of benzene rings is 1. The number of aliphatic carboxylic acids is 1. The molecule has 0 fully saturated rings. The average Bonchev–Trinajstić information content (AvgIpc) is 2.54. The number of carboxylic acid groups (broad SMARTS) is 1. The Hall–Kier alpha value is -1.89. The Labute approximate surface area is 145 Å². The molecule has 0 aliphatic rings. The predicted molar refractivity (Wildman–Crippen MR) is 95.7 cm³/mol. The van der Waals surface area contributed by atoms with Crippen molar-refractivity contribution in [3.63, 3.8) is 0 Å². The first-order chi connectivity index (χ1) is 11.3. The molecule has 1 unspecified atom stereocenters. The Kier molecular flexibility index (Phi) is 5.99. The van der Waals surface area contributed by atoms with Gasteiger partial charge in [0.05, 0.1) is 12.5 Å². The summed E-state index contributed by atoms with van der Waals surface area (Å²) in [5.41, 5.74) is 2.60. The Morgan fingerprint density at radius 3 is 2.50 bits per heavy atom. The summed E-state index contributed by atoms with van der Waals surface area (Å²) in [4.78, 5) is 15.4. The third-order valence-corrected chi connectivity index (χ3v) is 5.06. The molecule has 5 nitrogen and oxygen atoms in total. The zero-order chi connectivity index (χ0) is 17.7. The number of rotatable bonds is 6. The third kappa shape index (κ3) is 5.06. The first-order valence-corrected chi connectivity index (χ1v) is 8.82. The smallest absolute Gasteiger partial charge is 0.305 e. The Bertz CT molecular complexity index is 686. The van der Waals surface area contributed by atoms with Crippen LogP contribution in [0.5, 0.6) is 0 Å². The minimum atomic E-state index is -1.38. The molecule has 2 aromatic rings. The number of carboxylic acids is 1. The number of hydrogen-bond acceptors (Lipinski definition) is 4. The standard InChI is InChI=1S/C18H22N2O3S/c1-18(2,3)24(23)20-16(10-17(21)22)15-9-14(11-19-12-15)13-7-5-4-6-8-13/h4-9,11-12,16,20H,10H2,1-3H3,(H,21,22)/t16?,24-/m1/s1. The Balaban J connectivity index is 2.31. The van der Waals surface area contributed by atoms with Gasteiger partial charge in [-0.25, -0.2) is 0 Å². The van der Waals surface area contributed by atoms with E-state index in [0.717, 1.165) is 11.1 Å². The molecule has 0 aliphatic carbocycles. The maximum absolute atomic E-state index is 12.4. The summed E-state index contributed by atoms with van der Waals surface area (Å²) in [6, 6.07) is 11.1. The summed E-state index contributed by atoms with van der Waals surface area (Å²) in [6.07, 6.45) is 3.19. The fraction of sp³-hybridized carbons (Fsp3) is 0.333. The van der Waals surface area contributed by atoms with Gasteiger partial charge in [0.25, 0.3) is 0 Å². The highest BCUT2D eigenvalue weighted by Crippen LogP contribution is 2.26. The zero-order valence-corrected chi connectivity index (χ0v) is 14.8. The molecule has 24 heavy (non-hydrogen) atoms. The molecule has 0 bridgehead atoms. The van der Waals surface area contributed by atoms with Crippen molar-refractivity contribution < 1.29 is 14.5 Å². The molecular formula is C18H22N2O3S. The van der Waals surface area contributed by atoms with Crippen molar-refractivity contribution in [3.05, 3.63) is 54.4 Å². The first kappa shape index (κ1) is 18.4. The number of aromatic nitrogens is 1. The maximum Gasteiger partial charge on any atom is 0.305 e. The van der Waals surface area contributed by atoms with Crippen LogP contribution < -0.4 is 4.72 Å². The molecular weight excluding hydrogens is 324 g/mol. The Morgan fingerprint density at radius 1 is 1.25 bits per heavy atom. The van der Waals surface area contributed by atoms with Crippen molar-refractivity contribution in [2.45, 2.75) is 38.0 Å². The SMILES string of the molecule is CC(C)(C)[S@@+]([O-])NC(CC(=O)O)c1cncc(-c2ccccc2)c1. The normalized spacial score (nSPS) is 14.2. The fourth-order valence-corrected chi connectivity index (χ4v) is 2.98. The fourth-order valence-electron chi connectivity index (χ4n) is 2.14. The minimum absolute atomic E-state index is 0.165. The van der Waals surface area contributed by atoms with Crippen LogP contribution in [0.3, 0.4) is 0 Å². The summed E-state index contributed by atoms with van der Waals surface area (Å²) in [5, 5.41) is 9.19. The molecule has 0 aliphatic heterocycles. The third-order valence-electron chi connectivity index (χ3n) is 3.45. The quantitative estimate of drug-likeness (QED) is 0.784. The van der Waals surface area contributed by atoms with Crippen molar-refractivity contribution in [1.82, 2.24) is 9.71 Å². The van der Waals surface area contributed by atoms with Crippen molar-refractivity contribution in [3.8, 4) is 11.1 Å². The predicted octanol–water partition coefficient (Wildman–Crippen LogP) is 3.32. The number of nitrogens with zero attached hydrogens (tertiary/aromatic N) is 1. The second-order valence-electron chi connectivity index (χ2n) is 6.52. The van der Waals surface area contributed by atoms with Gasteiger partial charge in [-0.05, 0) is 38.0 Å². The lowest BCUT2D eigenvalue weighted by atomic mass is 10.0. The van der Waals surface area contributed by atoms with E-state index in [1.54, 1.807) is 12.4 Å². The molecule has 6 heteroatoms. The van der Waals surface area contributed by atoms with E-state index in [2.05, 4.69) is 9.71 Å². The van der Waals surface area contributed by atoms with Crippen LogP contribution in [0.1, 0.15) is 38.8 Å². The van der Waals surface area contributed by atoms with Gasteiger partial charge in [0.15, 0.2) is 0 Å².